The molecule has 24 heavy (non-hydrogen) atoms. The number of aromatic nitrogens is 3. The summed E-state index contributed by atoms with van der Waals surface area (Å²) in [6.45, 7) is 0. The second kappa shape index (κ2) is 8.74. The summed E-state index contributed by atoms with van der Waals surface area (Å²) in [5.41, 5.74) is 5.90. The van der Waals surface area contributed by atoms with Crippen LogP contribution in [0.25, 0.3) is 0 Å². The maximum Gasteiger partial charge on any atom is 0.229 e. The van der Waals surface area contributed by atoms with Gasteiger partial charge in [0.1, 0.15) is 0 Å². The zero-order valence-corrected chi connectivity index (χ0v) is 15.4. The summed E-state index contributed by atoms with van der Waals surface area (Å²) >= 11 is 1.98. The van der Waals surface area contributed by atoms with Crippen molar-refractivity contribution in [3.05, 3.63) is 0 Å². The summed E-state index contributed by atoms with van der Waals surface area (Å²) in [5, 5.41) is 7.74. The Bertz CT molecular complexity index is 510. The van der Waals surface area contributed by atoms with E-state index in [2.05, 4.69) is 31.8 Å². The van der Waals surface area contributed by atoms with Gasteiger partial charge in [-0.15, -0.1) is 0 Å². The molecule has 0 saturated heterocycles. The molecule has 6 nitrogen and oxygen atoms in total. The monoisotopic (exact) mass is 350 g/mol. The molecule has 0 unspecified atom stereocenters. The van der Waals surface area contributed by atoms with E-state index in [0.29, 0.717) is 29.9 Å². The van der Waals surface area contributed by atoms with E-state index in [4.69, 9.17) is 5.73 Å². The summed E-state index contributed by atoms with van der Waals surface area (Å²) in [5.74, 6) is 1.53. The molecule has 0 bridgehead atoms. The molecule has 134 valence electrons. The average molecular weight is 351 g/mol. The molecule has 2 saturated carbocycles. The lowest BCUT2D eigenvalue weighted by molar-refractivity contribution is 0.471. The molecule has 2 aliphatic carbocycles. The van der Waals surface area contributed by atoms with Crippen LogP contribution in [0.3, 0.4) is 0 Å². The van der Waals surface area contributed by atoms with E-state index in [1.807, 2.05) is 11.8 Å². The van der Waals surface area contributed by atoms with E-state index >= 15 is 0 Å². The number of nitrogen functional groups attached to an aromatic ring is 1. The number of hydrogen-bond acceptors (Lipinski definition) is 7. The smallest absolute Gasteiger partial charge is 0.229 e. The van der Waals surface area contributed by atoms with Gasteiger partial charge in [-0.2, -0.15) is 26.7 Å². The minimum Gasteiger partial charge on any atom is -0.368 e. The lowest BCUT2D eigenvalue weighted by Crippen LogP contribution is -2.28. The normalized spacial score (nSPS) is 25.9. The van der Waals surface area contributed by atoms with Gasteiger partial charge in [0, 0.05) is 17.3 Å². The van der Waals surface area contributed by atoms with Gasteiger partial charge < -0.3 is 16.4 Å². The predicted octanol–water partition coefficient (Wildman–Crippen LogP) is 3.67. The highest BCUT2D eigenvalue weighted by atomic mass is 32.2. The van der Waals surface area contributed by atoms with Crippen LogP contribution in [0.1, 0.15) is 64.2 Å². The number of hydrogen-bond donors (Lipinski definition) is 3. The molecular formula is C17H30N6S. The molecule has 0 aromatic carbocycles. The quantitative estimate of drug-likeness (QED) is 0.698. The molecule has 0 amide bonds. The summed E-state index contributed by atoms with van der Waals surface area (Å²) in [6.07, 6.45) is 14.7. The minimum absolute atomic E-state index is 0.293. The van der Waals surface area contributed by atoms with Crippen molar-refractivity contribution in [3.8, 4) is 0 Å². The summed E-state index contributed by atoms with van der Waals surface area (Å²) in [6, 6.07) is 0.903. The van der Waals surface area contributed by atoms with Gasteiger partial charge in [-0.25, -0.2) is 0 Å². The van der Waals surface area contributed by atoms with Crippen LogP contribution in [0.5, 0.6) is 0 Å². The van der Waals surface area contributed by atoms with Gasteiger partial charge in [0.2, 0.25) is 17.8 Å². The van der Waals surface area contributed by atoms with Crippen molar-refractivity contribution in [3.63, 3.8) is 0 Å². The first-order valence-electron chi connectivity index (χ1n) is 9.30. The topological polar surface area (TPSA) is 88.8 Å². The van der Waals surface area contributed by atoms with Crippen molar-refractivity contribution in [2.45, 2.75) is 81.5 Å². The fourth-order valence-electron chi connectivity index (χ4n) is 3.75. The van der Waals surface area contributed by atoms with Crippen molar-refractivity contribution >= 4 is 29.6 Å². The third-order valence-corrected chi connectivity index (χ3v) is 6.32. The number of nitrogens with two attached hydrogens (primary N) is 1. The van der Waals surface area contributed by atoms with E-state index in [9.17, 15) is 0 Å². The van der Waals surface area contributed by atoms with Gasteiger partial charge in [0.05, 0.1) is 0 Å². The molecule has 4 N–H and O–H groups in total. The van der Waals surface area contributed by atoms with Crippen LogP contribution >= 0.6 is 11.8 Å². The third-order valence-electron chi connectivity index (χ3n) is 5.18. The molecule has 7 heteroatoms. The summed E-state index contributed by atoms with van der Waals surface area (Å²) in [4.78, 5) is 13.1. The second-order valence-electron chi connectivity index (χ2n) is 7.03. The lowest BCUT2D eigenvalue weighted by atomic mass is 9.95. The summed E-state index contributed by atoms with van der Waals surface area (Å²) < 4.78 is 0. The number of thioether (sulfide) groups is 1. The van der Waals surface area contributed by atoms with Crippen LogP contribution in [0, 0.1) is 0 Å². The van der Waals surface area contributed by atoms with Crippen molar-refractivity contribution in [2.24, 2.45) is 0 Å². The summed E-state index contributed by atoms with van der Waals surface area (Å²) in [7, 11) is 0. The van der Waals surface area contributed by atoms with Crippen molar-refractivity contribution < 1.29 is 0 Å². The van der Waals surface area contributed by atoms with Crippen molar-refractivity contribution in [1.29, 1.82) is 0 Å². The number of anilines is 3. The highest BCUT2D eigenvalue weighted by Gasteiger charge is 2.21. The number of nitrogens with zero attached hydrogens (tertiary/aromatic N) is 3. The first kappa shape index (κ1) is 17.6. The SMILES string of the molecule is CSC1CCC(Nc2nc(N)nc(NC3CCCCCC3)n2)CC1. The molecule has 1 aromatic rings. The second-order valence-corrected chi connectivity index (χ2v) is 8.17. The molecular weight excluding hydrogens is 320 g/mol. The van der Waals surface area contributed by atoms with Gasteiger partial charge >= 0.3 is 0 Å². The van der Waals surface area contributed by atoms with E-state index in [1.165, 1.54) is 64.2 Å². The van der Waals surface area contributed by atoms with Gasteiger partial charge in [-0.05, 0) is 44.8 Å². The Balaban J connectivity index is 1.59. The average Bonchev–Trinajstić information content (AvgIpc) is 2.84. The number of rotatable bonds is 5. The fourth-order valence-corrected chi connectivity index (χ4v) is 4.50. The fraction of sp³-hybridized carbons (Fsp3) is 0.824. The van der Waals surface area contributed by atoms with Crippen LogP contribution in [-0.2, 0) is 0 Å². The Hall–Kier alpha value is -1.24. The van der Waals surface area contributed by atoms with Crippen molar-refractivity contribution in [1.82, 2.24) is 15.0 Å². The van der Waals surface area contributed by atoms with E-state index in [-0.39, 0.29) is 0 Å². The lowest BCUT2D eigenvalue weighted by Gasteiger charge is -2.28. The Morgan fingerprint density at radius 3 is 1.88 bits per heavy atom. The van der Waals surface area contributed by atoms with Crippen LogP contribution in [0.4, 0.5) is 17.8 Å². The van der Waals surface area contributed by atoms with Crippen LogP contribution in [0.15, 0.2) is 0 Å². The molecule has 1 heterocycles. The molecule has 0 aliphatic heterocycles. The van der Waals surface area contributed by atoms with E-state index < -0.39 is 0 Å². The first-order chi connectivity index (χ1) is 11.7. The van der Waals surface area contributed by atoms with Gasteiger partial charge in [-0.3, -0.25) is 0 Å². The standard InChI is InChI=1S/C17H30N6S/c1-24-14-10-8-13(9-11-14)20-17-22-15(18)21-16(23-17)19-12-6-4-2-3-5-7-12/h12-14H,2-11H2,1H3,(H4,18,19,20,21,22,23). The Morgan fingerprint density at radius 1 is 0.792 bits per heavy atom. The Morgan fingerprint density at radius 2 is 1.33 bits per heavy atom. The zero-order valence-electron chi connectivity index (χ0n) is 14.6. The molecule has 1 aromatic heterocycles. The molecule has 0 radical (unpaired) electrons. The highest BCUT2D eigenvalue weighted by Crippen LogP contribution is 2.28. The van der Waals surface area contributed by atoms with Crippen LogP contribution in [0.2, 0.25) is 0 Å². The third kappa shape index (κ3) is 5.13. The van der Waals surface area contributed by atoms with E-state index in [0.717, 1.165) is 5.25 Å². The Kier molecular flexibility index (Phi) is 6.40. The van der Waals surface area contributed by atoms with Gasteiger partial charge in [0.15, 0.2) is 0 Å². The van der Waals surface area contributed by atoms with Gasteiger partial charge in [0.25, 0.3) is 0 Å². The number of nitrogens with one attached hydrogen (secondary N) is 2. The van der Waals surface area contributed by atoms with Gasteiger partial charge in [-0.1, -0.05) is 25.7 Å². The van der Waals surface area contributed by atoms with E-state index in [1.54, 1.807) is 0 Å². The highest BCUT2D eigenvalue weighted by molar-refractivity contribution is 7.99. The maximum absolute atomic E-state index is 5.90. The van der Waals surface area contributed by atoms with Crippen molar-refractivity contribution in [2.75, 3.05) is 22.6 Å². The zero-order chi connectivity index (χ0) is 16.8. The molecule has 2 aliphatic rings. The maximum atomic E-state index is 5.90. The van der Waals surface area contributed by atoms with Crippen LogP contribution < -0.4 is 16.4 Å². The molecule has 0 spiro atoms. The molecule has 0 atom stereocenters. The Labute approximate surface area is 149 Å². The largest absolute Gasteiger partial charge is 0.368 e. The molecule has 3 rings (SSSR count). The molecule has 2 fully saturated rings. The minimum atomic E-state index is 0.293. The predicted molar refractivity (Wildman–Crippen MR) is 103 cm³/mol. The first-order valence-corrected chi connectivity index (χ1v) is 10.6. The van der Waals surface area contributed by atoms with Crippen LogP contribution in [-0.4, -0.2) is 38.5 Å².